The molecule has 8 heavy (non-hydrogen) atoms. The van der Waals surface area contributed by atoms with Crippen molar-refractivity contribution in [2.45, 2.75) is 6.92 Å². The molecule has 0 rings (SSSR count). The molecule has 0 saturated carbocycles. The molecule has 0 bridgehead atoms. The van der Waals surface area contributed by atoms with Crippen molar-refractivity contribution >= 4 is 5.71 Å². The molecule has 0 atom stereocenters. The molecule has 0 radical (unpaired) electrons. The smallest absolute Gasteiger partial charge is 0.0369 e. The lowest BCUT2D eigenvalue weighted by molar-refractivity contribution is 1.37. The third kappa shape index (κ3) is 1.60. The maximum Gasteiger partial charge on any atom is 0.0369 e. The van der Waals surface area contributed by atoms with Crippen LogP contribution in [0.3, 0.4) is 0 Å². The molecular formula is C6H10N2. The van der Waals surface area contributed by atoms with Gasteiger partial charge in [0.2, 0.25) is 0 Å². The fourth-order valence-corrected chi connectivity index (χ4v) is 0.241. The summed E-state index contributed by atoms with van der Waals surface area (Å²) in [5, 5.41) is 6.99. The molecule has 3 N–H and O–H groups in total. The van der Waals surface area contributed by atoms with Crippen LogP contribution in [0.4, 0.5) is 0 Å². The summed E-state index contributed by atoms with van der Waals surface area (Å²) in [6.45, 7) is 8.54. The molecule has 0 amide bonds. The minimum atomic E-state index is 0.373. The third-order valence-electron chi connectivity index (χ3n) is 0.840. The molecule has 0 aromatic rings. The summed E-state index contributed by atoms with van der Waals surface area (Å²) in [6.07, 6.45) is 0. The van der Waals surface area contributed by atoms with E-state index in [-0.39, 0.29) is 0 Å². The Morgan fingerprint density at radius 2 is 1.88 bits per heavy atom. The normalized spacial score (nSPS) is 8.12. The molecule has 0 unspecified atom stereocenters. The molecular weight excluding hydrogens is 100 g/mol. The van der Waals surface area contributed by atoms with Gasteiger partial charge < -0.3 is 11.1 Å². The minimum Gasteiger partial charge on any atom is -0.399 e. The van der Waals surface area contributed by atoms with E-state index >= 15 is 0 Å². The summed E-state index contributed by atoms with van der Waals surface area (Å²) in [6, 6.07) is 0. The van der Waals surface area contributed by atoms with Crippen molar-refractivity contribution in [1.29, 1.82) is 5.41 Å². The summed E-state index contributed by atoms with van der Waals surface area (Å²) >= 11 is 0. The second-order valence-electron chi connectivity index (χ2n) is 1.63. The highest BCUT2D eigenvalue weighted by molar-refractivity contribution is 5.98. The standard InChI is InChI=1S/C6H10N2/c1-4(5(2)7)6(3)8/h8H,1-2,7H2,3H3. The lowest BCUT2D eigenvalue weighted by Crippen LogP contribution is -2.03. The number of nitrogens with two attached hydrogens (primary N) is 1. The van der Waals surface area contributed by atoms with E-state index in [0.717, 1.165) is 0 Å². The Hall–Kier alpha value is -1.05. The van der Waals surface area contributed by atoms with Gasteiger partial charge in [0.05, 0.1) is 0 Å². The van der Waals surface area contributed by atoms with Crippen molar-refractivity contribution < 1.29 is 0 Å². The molecule has 0 saturated heterocycles. The molecule has 0 spiro atoms. The van der Waals surface area contributed by atoms with E-state index in [1.807, 2.05) is 0 Å². The Morgan fingerprint density at radius 1 is 1.50 bits per heavy atom. The maximum atomic E-state index is 6.99. The van der Waals surface area contributed by atoms with Gasteiger partial charge >= 0.3 is 0 Å². The number of nitrogens with one attached hydrogen (secondary N) is 1. The summed E-state index contributed by atoms with van der Waals surface area (Å²) in [7, 11) is 0. The zero-order valence-electron chi connectivity index (χ0n) is 4.99. The van der Waals surface area contributed by atoms with Crippen LogP contribution in [0.25, 0.3) is 0 Å². The summed E-state index contributed by atoms with van der Waals surface area (Å²) < 4.78 is 0. The van der Waals surface area contributed by atoms with Crippen LogP contribution in [0.15, 0.2) is 24.4 Å². The van der Waals surface area contributed by atoms with Crippen molar-refractivity contribution in [3.8, 4) is 0 Å². The van der Waals surface area contributed by atoms with Crippen LogP contribution in [0.1, 0.15) is 6.92 Å². The van der Waals surface area contributed by atoms with Gasteiger partial charge in [0.15, 0.2) is 0 Å². The Bertz CT molecular complexity index is 129. The number of hydrogen-bond donors (Lipinski definition) is 2. The second kappa shape index (κ2) is 2.31. The van der Waals surface area contributed by atoms with Crippen LogP contribution in [0.2, 0.25) is 0 Å². The third-order valence-corrected chi connectivity index (χ3v) is 0.840. The van der Waals surface area contributed by atoms with Crippen LogP contribution in [0, 0.1) is 5.41 Å². The van der Waals surface area contributed by atoms with E-state index in [0.29, 0.717) is 17.0 Å². The molecule has 0 fully saturated rings. The van der Waals surface area contributed by atoms with E-state index < -0.39 is 0 Å². The first-order chi connectivity index (χ1) is 3.55. The maximum absolute atomic E-state index is 6.99. The number of hydrogen-bond acceptors (Lipinski definition) is 2. The fourth-order valence-electron chi connectivity index (χ4n) is 0.241. The lowest BCUT2D eigenvalue weighted by atomic mass is 10.2. The van der Waals surface area contributed by atoms with Crippen LogP contribution >= 0.6 is 0 Å². The van der Waals surface area contributed by atoms with E-state index in [1.54, 1.807) is 6.92 Å². The van der Waals surface area contributed by atoms with Gasteiger partial charge in [-0.15, -0.1) is 0 Å². The summed E-state index contributed by atoms with van der Waals surface area (Å²) in [5.41, 5.74) is 6.47. The van der Waals surface area contributed by atoms with Gasteiger partial charge in [-0.2, -0.15) is 0 Å². The molecule has 44 valence electrons. The van der Waals surface area contributed by atoms with Gasteiger partial charge in [0, 0.05) is 17.0 Å². The fraction of sp³-hybridized carbons (Fsp3) is 0.167. The molecule has 0 aromatic carbocycles. The van der Waals surface area contributed by atoms with Crippen LogP contribution in [-0.2, 0) is 0 Å². The first-order valence-electron chi connectivity index (χ1n) is 2.25. The first kappa shape index (κ1) is 6.95. The first-order valence-corrected chi connectivity index (χ1v) is 2.25. The van der Waals surface area contributed by atoms with E-state index in [1.165, 1.54) is 0 Å². The molecule has 0 aromatic heterocycles. The van der Waals surface area contributed by atoms with Crippen molar-refractivity contribution in [2.75, 3.05) is 0 Å². The largest absolute Gasteiger partial charge is 0.399 e. The molecule has 0 aliphatic carbocycles. The van der Waals surface area contributed by atoms with E-state index in [2.05, 4.69) is 13.2 Å². The average Bonchev–Trinajstić information content (AvgIpc) is 1.64. The Balaban J connectivity index is 4.05. The van der Waals surface area contributed by atoms with Crippen molar-refractivity contribution in [3.05, 3.63) is 24.4 Å². The Morgan fingerprint density at radius 3 is 1.88 bits per heavy atom. The van der Waals surface area contributed by atoms with Gasteiger partial charge in [0.1, 0.15) is 0 Å². The predicted molar refractivity (Wildman–Crippen MR) is 35.9 cm³/mol. The monoisotopic (exact) mass is 110 g/mol. The second-order valence-corrected chi connectivity index (χ2v) is 1.63. The van der Waals surface area contributed by atoms with Gasteiger partial charge in [-0.1, -0.05) is 13.2 Å². The van der Waals surface area contributed by atoms with Gasteiger partial charge in [-0.3, -0.25) is 0 Å². The van der Waals surface area contributed by atoms with Gasteiger partial charge in [0.25, 0.3) is 0 Å². The van der Waals surface area contributed by atoms with E-state index in [9.17, 15) is 0 Å². The molecule has 0 aliphatic heterocycles. The minimum absolute atomic E-state index is 0.373. The predicted octanol–water partition coefficient (Wildman–Crippen LogP) is 1.05. The zero-order chi connectivity index (χ0) is 6.73. The highest BCUT2D eigenvalue weighted by atomic mass is 14.6. The highest BCUT2D eigenvalue weighted by Crippen LogP contribution is 1.97. The van der Waals surface area contributed by atoms with Crippen molar-refractivity contribution in [3.63, 3.8) is 0 Å². The SMILES string of the molecule is C=C(N)C(=C)C(C)=N. The Labute approximate surface area is 49.2 Å². The molecule has 2 nitrogen and oxygen atoms in total. The van der Waals surface area contributed by atoms with Crippen LogP contribution in [0.5, 0.6) is 0 Å². The Kier molecular flexibility index (Phi) is 2.00. The average molecular weight is 110 g/mol. The quantitative estimate of drug-likeness (QED) is 0.405. The molecule has 2 heteroatoms. The van der Waals surface area contributed by atoms with Crippen molar-refractivity contribution in [1.82, 2.24) is 0 Å². The van der Waals surface area contributed by atoms with Gasteiger partial charge in [-0.25, -0.2) is 0 Å². The van der Waals surface area contributed by atoms with Gasteiger partial charge in [-0.05, 0) is 6.92 Å². The van der Waals surface area contributed by atoms with E-state index in [4.69, 9.17) is 11.1 Å². The summed E-state index contributed by atoms with van der Waals surface area (Å²) in [5.74, 6) is 0. The highest BCUT2D eigenvalue weighted by Gasteiger charge is 1.94. The lowest BCUT2D eigenvalue weighted by Gasteiger charge is -1.98. The van der Waals surface area contributed by atoms with Crippen LogP contribution in [-0.4, -0.2) is 5.71 Å². The zero-order valence-corrected chi connectivity index (χ0v) is 4.99. The molecule has 0 heterocycles. The van der Waals surface area contributed by atoms with Crippen LogP contribution < -0.4 is 5.73 Å². The molecule has 0 aliphatic rings. The topological polar surface area (TPSA) is 49.9 Å². The summed E-state index contributed by atoms with van der Waals surface area (Å²) in [4.78, 5) is 0. The van der Waals surface area contributed by atoms with Crippen molar-refractivity contribution in [2.24, 2.45) is 5.73 Å². The number of allylic oxidation sites excluding steroid dienone is 1. The number of rotatable bonds is 2.